The van der Waals surface area contributed by atoms with Crippen molar-refractivity contribution < 1.29 is 22.7 Å². The van der Waals surface area contributed by atoms with Gasteiger partial charge in [0, 0.05) is 11.7 Å². The predicted molar refractivity (Wildman–Crippen MR) is 104 cm³/mol. The molecule has 7 nitrogen and oxygen atoms in total. The van der Waals surface area contributed by atoms with Crippen LogP contribution in [0.4, 0.5) is 5.69 Å². The summed E-state index contributed by atoms with van der Waals surface area (Å²) >= 11 is 0. The van der Waals surface area contributed by atoms with Crippen LogP contribution < -0.4 is 19.5 Å². The molecule has 27 heavy (non-hydrogen) atoms. The van der Waals surface area contributed by atoms with E-state index in [2.05, 4.69) is 10.0 Å². The van der Waals surface area contributed by atoms with E-state index in [1.165, 1.54) is 31.4 Å². The van der Waals surface area contributed by atoms with E-state index in [1.54, 1.807) is 24.3 Å². The van der Waals surface area contributed by atoms with Gasteiger partial charge in [0.05, 0.1) is 12.0 Å². The Bertz CT molecular complexity index is 849. The van der Waals surface area contributed by atoms with Gasteiger partial charge in [-0.1, -0.05) is 6.92 Å². The van der Waals surface area contributed by atoms with Crippen LogP contribution in [0.5, 0.6) is 11.5 Å². The molecule has 1 unspecified atom stereocenters. The number of benzene rings is 2. The second-order valence-corrected chi connectivity index (χ2v) is 7.65. The quantitative estimate of drug-likeness (QED) is 0.684. The number of sulfonamides is 1. The summed E-state index contributed by atoms with van der Waals surface area (Å²) in [6.07, 6.45) is 0.833. The van der Waals surface area contributed by atoms with Crippen molar-refractivity contribution in [2.75, 3.05) is 18.4 Å². The van der Waals surface area contributed by atoms with Crippen molar-refractivity contribution in [2.45, 2.75) is 31.2 Å². The van der Waals surface area contributed by atoms with E-state index in [-0.39, 0.29) is 23.5 Å². The van der Waals surface area contributed by atoms with Crippen LogP contribution >= 0.6 is 0 Å². The number of nitrogens with one attached hydrogen (secondary N) is 2. The van der Waals surface area contributed by atoms with E-state index >= 15 is 0 Å². The monoisotopic (exact) mass is 392 g/mol. The molecule has 0 saturated heterocycles. The van der Waals surface area contributed by atoms with Gasteiger partial charge < -0.3 is 14.8 Å². The number of anilines is 1. The maximum Gasteiger partial charge on any atom is 0.261 e. The molecule has 0 saturated carbocycles. The van der Waals surface area contributed by atoms with E-state index in [9.17, 15) is 13.2 Å². The lowest BCUT2D eigenvalue weighted by Gasteiger charge is -2.12. The summed E-state index contributed by atoms with van der Waals surface area (Å²) in [5, 5.41) is 2.79. The Kier molecular flexibility index (Phi) is 7.06. The Balaban J connectivity index is 1.97. The maximum absolute atomic E-state index is 12.4. The first-order chi connectivity index (χ1) is 12.8. The lowest BCUT2D eigenvalue weighted by molar-refractivity contribution is -0.123. The van der Waals surface area contributed by atoms with E-state index in [0.717, 1.165) is 6.42 Å². The molecule has 0 spiro atoms. The van der Waals surface area contributed by atoms with Crippen LogP contribution in [0.25, 0.3) is 0 Å². The number of amides is 1. The van der Waals surface area contributed by atoms with Crippen molar-refractivity contribution in [2.24, 2.45) is 0 Å². The lowest BCUT2D eigenvalue weighted by Crippen LogP contribution is -2.35. The van der Waals surface area contributed by atoms with Crippen LogP contribution in [-0.4, -0.2) is 34.1 Å². The van der Waals surface area contributed by atoms with Crippen LogP contribution in [0.3, 0.4) is 0 Å². The highest BCUT2D eigenvalue weighted by Crippen LogP contribution is 2.21. The van der Waals surface area contributed by atoms with Crippen LogP contribution in [-0.2, 0) is 14.8 Å². The zero-order valence-corrected chi connectivity index (χ0v) is 16.4. The molecule has 0 aliphatic heterocycles. The van der Waals surface area contributed by atoms with Crippen LogP contribution in [0.1, 0.15) is 20.3 Å². The molecule has 0 radical (unpaired) electrons. The van der Waals surface area contributed by atoms with E-state index in [4.69, 9.17) is 9.47 Å². The average Bonchev–Trinajstić information content (AvgIpc) is 2.67. The van der Waals surface area contributed by atoms with Gasteiger partial charge >= 0.3 is 0 Å². The second-order valence-electron chi connectivity index (χ2n) is 5.97. The number of carbonyl (C=O) groups is 1. The van der Waals surface area contributed by atoms with Gasteiger partial charge in [0.1, 0.15) is 11.5 Å². The van der Waals surface area contributed by atoms with Gasteiger partial charge in [0.15, 0.2) is 6.61 Å². The molecular weight excluding hydrogens is 368 g/mol. The van der Waals surface area contributed by atoms with Gasteiger partial charge in [-0.25, -0.2) is 8.42 Å². The largest absolute Gasteiger partial charge is 0.497 e. The number of rotatable bonds is 9. The summed E-state index contributed by atoms with van der Waals surface area (Å²) in [5.41, 5.74) is 0.429. The van der Waals surface area contributed by atoms with Crippen molar-refractivity contribution in [3.8, 4) is 11.5 Å². The molecule has 2 aromatic carbocycles. The van der Waals surface area contributed by atoms with Gasteiger partial charge in [-0.05, 0) is 61.9 Å². The number of carbonyl (C=O) groups excluding carboxylic acids is 1. The molecule has 1 atom stereocenters. The standard InChI is InChI=1S/C19H24N2O5S/c1-4-14(2)20-19(22)13-26-17-9-11-18(12-10-17)27(23,24)21-15-5-7-16(25-3)8-6-15/h5-12,14,21H,4,13H2,1-3H3,(H,20,22). The molecule has 0 aromatic heterocycles. The topological polar surface area (TPSA) is 93.7 Å². The minimum absolute atomic E-state index is 0.0812. The third kappa shape index (κ3) is 6.18. The molecule has 0 bridgehead atoms. The van der Waals surface area contributed by atoms with Gasteiger partial charge in [0.25, 0.3) is 15.9 Å². The smallest absolute Gasteiger partial charge is 0.261 e. The molecule has 2 aromatic rings. The molecule has 0 aliphatic carbocycles. The first-order valence-electron chi connectivity index (χ1n) is 8.53. The van der Waals surface area contributed by atoms with Gasteiger partial charge in [-0.3, -0.25) is 9.52 Å². The van der Waals surface area contributed by atoms with Gasteiger partial charge in [-0.2, -0.15) is 0 Å². The fourth-order valence-corrected chi connectivity index (χ4v) is 3.21. The van der Waals surface area contributed by atoms with Crippen LogP contribution in [0.2, 0.25) is 0 Å². The predicted octanol–water partition coefficient (Wildman–Crippen LogP) is 2.79. The zero-order valence-electron chi connectivity index (χ0n) is 15.6. The van der Waals surface area contributed by atoms with E-state index in [0.29, 0.717) is 17.2 Å². The van der Waals surface area contributed by atoms with Crippen LogP contribution in [0.15, 0.2) is 53.4 Å². The lowest BCUT2D eigenvalue weighted by atomic mass is 10.2. The summed E-state index contributed by atoms with van der Waals surface area (Å²) in [7, 11) is -2.19. The second kappa shape index (κ2) is 9.27. The number of ether oxygens (including phenoxy) is 2. The highest BCUT2D eigenvalue weighted by molar-refractivity contribution is 7.92. The molecular formula is C19H24N2O5S. The fourth-order valence-electron chi connectivity index (χ4n) is 2.16. The number of hydrogen-bond donors (Lipinski definition) is 2. The Morgan fingerprint density at radius 2 is 1.63 bits per heavy atom. The molecule has 0 heterocycles. The van der Waals surface area contributed by atoms with Crippen molar-refractivity contribution in [1.82, 2.24) is 5.32 Å². The summed E-state index contributed by atoms with van der Waals surface area (Å²) in [5.74, 6) is 0.830. The number of methoxy groups -OCH3 is 1. The Morgan fingerprint density at radius 1 is 1.04 bits per heavy atom. The Morgan fingerprint density at radius 3 is 2.19 bits per heavy atom. The highest BCUT2D eigenvalue weighted by atomic mass is 32.2. The minimum Gasteiger partial charge on any atom is -0.497 e. The average molecular weight is 392 g/mol. The molecule has 146 valence electrons. The fraction of sp³-hybridized carbons (Fsp3) is 0.316. The molecule has 8 heteroatoms. The molecule has 1 amide bonds. The van der Waals surface area contributed by atoms with Gasteiger partial charge in [0.2, 0.25) is 0 Å². The summed E-state index contributed by atoms with van der Waals surface area (Å²) < 4.78 is 37.8. The summed E-state index contributed by atoms with van der Waals surface area (Å²) in [4.78, 5) is 11.8. The van der Waals surface area contributed by atoms with Crippen molar-refractivity contribution in [3.63, 3.8) is 0 Å². The SMILES string of the molecule is CCC(C)NC(=O)COc1ccc(S(=O)(=O)Nc2ccc(OC)cc2)cc1. The van der Waals surface area contributed by atoms with E-state index < -0.39 is 10.0 Å². The van der Waals surface area contributed by atoms with Crippen molar-refractivity contribution in [1.29, 1.82) is 0 Å². The maximum atomic E-state index is 12.4. The molecule has 0 fully saturated rings. The first-order valence-corrected chi connectivity index (χ1v) is 10.0. The third-order valence-electron chi connectivity index (χ3n) is 3.87. The first kappa shape index (κ1) is 20.6. The van der Waals surface area contributed by atoms with Crippen molar-refractivity contribution in [3.05, 3.63) is 48.5 Å². The Labute approximate surface area is 159 Å². The third-order valence-corrected chi connectivity index (χ3v) is 5.26. The summed E-state index contributed by atoms with van der Waals surface area (Å²) in [6.45, 7) is 3.76. The molecule has 0 aliphatic rings. The van der Waals surface area contributed by atoms with Crippen LogP contribution in [0, 0.1) is 0 Å². The molecule has 2 N–H and O–H groups in total. The van der Waals surface area contributed by atoms with E-state index in [1.807, 2.05) is 13.8 Å². The number of hydrogen-bond acceptors (Lipinski definition) is 5. The normalized spacial score (nSPS) is 12.1. The van der Waals surface area contributed by atoms with Crippen molar-refractivity contribution >= 4 is 21.6 Å². The zero-order chi connectivity index (χ0) is 19.9. The highest BCUT2D eigenvalue weighted by Gasteiger charge is 2.14. The van der Waals surface area contributed by atoms with Gasteiger partial charge in [-0.15, -0.1) is 0 Å². The summed E-state index contributed by atoms with van der Waals surface area (Å²) in [6, 6.07) is 12.5. The minimum atomic E-state index is -3.73. The Hall–Kier alpha value is -2.74. The molecule has 2 rings (SSSR count).